The Morgan fingerprint density at radius 2 is 1.92 bits per heavy atom. The van der Waals surface area contributed by atoms with Gasteiger partial charge in [-0.15, -0.1) is 11.6 Å². The number of rotatable bonds is 0. The van der Waals surface area contributed by atoms with Crippen LogP contribution in [0.2, 0.25) is 0 Å². The Hall–Kier alpha value is -0.460. The van der Waals surface area contributed by atoms with Crippen LogP contribution >= 0.6 is 23.2 Å². The predicted octanol–water partition coefficient (Wildman–Crippen LogP) is 3.66. The van der Waals surface area contributed by atoms with Gasteiger partial charge in [0.1, 0.15) is 0 Å². The fourth-order valence-electron chi connectivity index (χ4n) is 1.32. The minimum absolute atomic E-state index is 0.0845. The van der Waals surface area contributed by atoms with E-state index in [4.69, 9.17) is 23.2 Å². The fraction of sp³-hybridized carbons (Fsp3) is 0.100. The van der Waals surface area contributed by atoms with Crippen molar-refractivity contribution >= 4 is 23.2 Å². The maximum absolute atomic E-state index is 6.06. The maximum atomic E-state index is 6.06. The lowest BCUT2D eigenvalue weighted by Gasteiger charge is -2.16. The highest BCUT2D eigenvalue weighted by Crippen LogP contribution is 2.34. The first kappa shape index (κ1) is 8.15. The third kappa shape index (κ3) is 1.37. The average molecular weight is 198 g/mol. The van der Waals surface area contributed by atoms with Gasteiger partial charge in [-0.05, 0) is 17.2 Å². The maximum Gasteiger partial charge on any atom is 0.0783 e. The van der Waals surface area contributed by atoms with Gasteiger partial charge < -0.3 is 0 Å². The smallest absolute Gasteiger partial charge is 0.0783 e. The zero-order valence-corrected chi connectivity index (χ0v) is 7.81. The van der Waals surface area contributed by atoms with E-state index in [0.29, 0.717) is 5.03 Å². The van der Waals surface area contributed by atoms with Gasteiger partial charge >= 0.3 is 0 Å². The molecular weight excluding hydrogens is 191 g/mol. The summed E-state index contributed by atoms with van der Waals surface area (Å²) in [6, 6.07) is 7.99. The predicted molar refractivity (Wildman–Crippen MR) is 52.4 cm³/mol. The summed E-state index contributed by atoms with van der Waals surface area (Å²) >= 11 is 11.9. The van der Waals surface area contributed by atoms with Crippen molar-refractivity contribution in [3.63, 3.8) is 0 Å². The van der Waals surface area contributed by atoms with E-state index in [1.807, 2.05) is 36.8 Å². The topological polar surface area (TPSA) is 0 Å². The van der Waals surface area contributed by atoms with E-state index in [2.05, 4.69) is 0 Å². The first-order valence-electron chi connectivity index (χ1n) is 3.72. The molecule has 1 aromatic carbocycles. The molecule has 1 atom stereocenters. The van der Waals surface area contributed by atoms with Crippen LogP contribution in [0.25, 0.3) is 0 Å². The summed E-state index contributed by atoms with van der Waals surface area (Å²) in [7, 11) is 0. The highest BCUT2D eigenvalue weighted by molar-refractivity contribution is 6.32. The second kappa shape index (κ2) is 3.12. The fourth-order valence-corrected chi connectivity index (χ4v) is 1.96. The first-order chi connectivity index (χ1) is 5.77. The van der Waals surface area contributed by atoms with Crippen molar-refractivity contribution < 1.29 is 0 Å². The Morgan fingerprint density at radius 1 is 1.17 bits per heavy atom. The molecule has 1 aliphatic carbocycles. The van der Waals surface area contributed by atoms with Gasteiger partial charge in [0.05, 0.1) is 5.38 Å². The van der Waals surface area contributed by atoms with E-state index < -0.39 is 0 Å². The number of hydrogen-bond donors (Lipinski definition) is 0. The van der Waals surface area contributed by atoms with Gasteiger partial charge in [-0.2, -0.15) is 0 Å². The van der Waals surface area contributed by atoms with E-state index in [0.717, 1.165) is 11.1 Å². The monoisotopic (exact) mass is 197 g/mol. The van der Waals surface area contributed by atoms with E-state index in [1.165, 1.54) is 0 Å². The van der Waals surface area contributed by atoms with Crippen molar-refractivity contribution in [2.75, 3.05) is 0 Å². The summed E-state index contributed by atoms with van der Waals surface area (Å²) in [4.78, 5) is 0. The molecule has 1 aromatic rings. The van der Waals surface area contributed by atoms with Gasteiger partial charge in [0.25, 0.3) is 0 Å². The van der Waals surface area contributed by atoms with Gasteiger partial charge in [0.15, 0.2) is 0 Å². The molecule has 0 heterocycles. The Bertz CT molecular complexity index is 328. The number of benzene rings is 1. The highest BCUT2D eigenvalue weighted by Gasteiger charge is 2.16. The van der Waals surface area contributed by atoms with Crippen LogP contribution in [-0.4, -0.2) is 0 Å². The van der Waals surface area contributed by atoms with Gasteiger partial charge in [-0.25, -0.2) is 0 Å². The van der Waals surface area contributed by atoms with Crippen molar-refractivity contribution in [1.82, 2.24) is 0 Å². The molecule has 1 aliphatic rings. The molecule has 0 amide bonds. The number of allylic oxidation sites excluding steroid dienone is 2. The molecule has 0 aromatic heterocycles. The van der Waals surface area contributed by atoms with E-state index in [1.54, 1.807) is 0 Å². The molecule has 0 saturated heterocycles. The Kier molecular flexibility index (Phi) is 2.12. The molecule has 0 nitrogen and oxygen atoms in total. The number of halogens is 2. The molecule has 2 heteroatoms. The standard InChI is InChI=1S/C10H7Cl2/c11-8-5-7-3-1-2-4-9(7)10(12)6-8/h1-6,10H. The summed E-state index contributed by atoms with van der Waals surface area (Å²) in [6.45, 7) is 0. The largest absolute Gasteiger partial charge is 0.113 e. The van der Waals surface area contributed by atoms with Crippen LogP contribution in [-0.2, 0) is 0 Å². The second-order valence-electron chi connectivity index (χ2n) is 2.73. The number of hydrogen-bond acceptors (Lipinski definition) is 0. The van der Waals surface area contributed by atoms with Gasteiger partial charge in [0.2, 0.25) is 0 Å². The second-order valence-corrected chi connectivity index (χ2v) is 3.63. The minimum atomic E-state index is -0.0845. The molecular formula is C10H7Cl2. The summed E-state index contributed by atoms with van der Waals surface area (Å²) in [5.74, 6) is 0. The van der Waals surface area contributed by atoms with E-state index >= 15 is 0 Å². The molecule has 61 valence electrons. The molecule has 2 rings (SSSR count). The van der Waals surface area contributed by atoms with Crippen molar-refractivity contribution in [3.05, 3.63) is 52.9 Å². The lowest BCUT2D eigenvalue weighted by molar-refractivity contribution is 1.14. The lowest BCUT2D eigenvalue weighted by atomic mass is 9.97. The van der Waals surface area contributed by atoms with Crippen LogP contribution in [0, 0.1) is 6.42 Å². The SMILES string of the molecule is ClC1=CC(Cl)c2ccccc2[CH]1. The molecule has 0 fully saturated rings. The summed E-state index contributed by atoms with van der Waals surface area (Å²) in [5, 5.41) is 0.632. The highest BCUT2D eigenvalue weighted by atomic mass is 35.5. The molecule has 1 unspecified atom stereocenters. The minimum Gasteiger partial charge on any atom is -0.113 e. The van der Waals surface area contributed by atoms with Crippen LogP contribution in [0.15, 0.2) is 35.4 Å². The van der Waals surface area contributed by atoms with Crippen molar-refractivity contribution in [2.45, 2.75) is 5.38 Å². The van der Waals surface area contributed by atoms with Crippen LogP contribution < -0.4 is 0 Å². The molecule has 0 aliphatic heterocycles. The molecule has 0 saturated carbocycles. The van der Waals surface area contributed by atoms with Crippen molar-refractivity contribution in [1.29, 1.82) is 0 Å². The van der Waals surface area contributed by atoms with Gasteiger partial charge in [0, 0.05) is 11.5 Å². The quantitative estimate of drug-likeness (QED) is 0.558. The third-order valence-corrected chi connectivity index (χ3v) is 2.49. The van der Waals surface area contributed by atoms with E-state index in [-0.39, 0.29) is 5.38 Å². The summed E-state index contributed by atoms with van der Waals surface area (Å²) in [5.41, 5.74) is 2.24. The van der Waals surface area contributed by atoms with Crippen LogP contribution in [0.5, 0.6) is 0 Å². The lowest BCUT2D eigenvalue weighted by Crippen LogP contribution is -1.99. The third-order valence-electron chi connectivity index (χ3n) is 1.89. The first-order valence-corrected chi connectivity index (χ1v) is 4.54. The van der Waals surface area contributed by atoms with E-state index in [9.17, 15) is 0 Å². The average Bonchev–Trinajstić information content (AvgIpc) is 2.04. The van der Waals surface area contributed by atoms with Crippen molar-refractivity contribution in [3.8, 4) is 0 Å². The Morgan fingerprint density at radius 3 is 2.75 bits per heavy atom. The van der Waals surface area contributed by atoms with Crippen LogP contribution in [0.3, 0.4) is 0 Å². The summed E-state index contributed by atoms with van der Waals surface area (Å²) in [6.07, 6.45) is 3.77. The van der Waals surface area contributed by atoms with Crippen LogP contribution in [0.1, 0.15) is 16.5 Å². The zero-order valence-electron chi connectivity index (χ0n) is 6.30. The molecule has 0 spiro atoms. The molecule has 0 bridgehead atoms. The normalized spacial score (nSPS) is 21.5. The van der Waals surface area contributed by atoms with Crippen LogP contribution in [0.4, 0.5) is 0 Å². The molecule has 0 N–H and O–H groups in total. The van der Waals surface area contributed by atoms with Gasteiger partial charge in [-0.1, -0.05) is 35.9 Å². The number of alkyl halides is 1. The zero-order chi connectivity index (χ0) is 8.55. The van der Waals surface area contributed by atoms with Gasteiger partial charge in [-0.3, -0.25) is 0 Å². The molecule has 1 radical (unpaired) electrons. The summed E-state index contributed by atoms with van der Waals surface area (Å²) < 4.78 is 0. The van der Waals surface area contributed by atoms with Crippen molar-refractivity contribution in [2.24, 2.45) is 0 Å². The Balaban J connectivity index is 2.48. The Labute approximate surface area is 81.8 Å². The molecule has 12 heavy (non-hydrogen) atoms. The number of fused-ring (bicyclic) bond motifs is 1.